The van der Waals surface area contributed by atoms with E-state index in [0.717, 1.165) is 25.3 Å². The number of halogens is 2. The summed E-state index contributed by atoms with van der Waals surface area (Å²) < 4.78 is 26.2. The average Bonchev–Trinajstić information content (AvgIpc) is 2.07. The minimum absolute atomic E-state index is 0.252. The lowest BCUT2D eigenvalue weighted by atomic mass is 9.72. The highest BCUT2D eigenvalue weighted by Crippen LogP contribution is 2.41. The zero-order chi connectivity index (χ0) is 10.2. The maximum atomic E-state index is 13.5. The molecule has 1 aromatic rings. The third-order valence-corrected chi connectivity index (χ3v) is 3.13. The van der Waals surface area contributed by atoms with Crippen LogP contribution in [0.5, 0.6) is 0 Å². The molecule has 0 unspecified atom stereocenters. The molecular formula is C11H13F2N. The summed E-state index contributed by atoms with van der Waals surface area (Å²) in [5.41, 5.74) is 0.338. The number of hydrogen-bond donors (Lipinski definition) is 1. The fourth-order valence-corrected chi connectivity index (χ4v) is 2.06. The highest BCUT2D eigenvalue weighted by molar-refractivity contribution is 5.29. The van der Waals surface area contributed by atoms with Crippen molar-refractivity contribution in [1.29, 1.82) is 0 Å². The zero-order valence-electron chi connectivity index (χ0n) is 8.11. The first-order chi connectivity index (χ1) is 6.68. The fourth-order valence-electron chi connectivity index (χ4n) is 2.06. The number of benzene rings is 1. The highest BCUT2D eigenvalue weighted by Gasteiger charge is 2.38. The monoisotopic (exact) mass is 197 g/mol. The van der Waals surface area contributed by atoms with Crippen LogP contribution >= 0.6 is 0 Å². The quantitative estimate of drug-likeness (QED) is 0.768. The molecule has 76 valence electrons. The Bertz CT molecular complexity index is 340. The predicted molar refractivity (Wildman–Crippen MR) is 50.9 cm³/mol. The van der Waals surface area contributed by atoms with Crippen molar-refractivity contribution < 1.29 is 8.78 Å². The van der Waals surface area contributed by atoms with Gasteiger partial charge in [0.05, 0.1) is 0 Å². The van der Waals surface area contributed by atoms with Crippen LogP contribution in [0.2, 0.25) is 0 Å². The van der Waals surface area contributed by atoms with Gasteiger partial charge in [0.1, 0.15) is 11.6 Å². The summed E-state index contributed by atoms with van der Waals surface area (Å²) in [6.45, 7) is 0. The molecule has 1 N–H and O–H groups in total. The molecule has 1 nitrogen and oxygen atoms in total. The van der Waals surface area contributed by atoms with Gasteiger partial charge >= 0.3 is 0 Å². The molecule has 0 bridgehead atoms. The SMILES string of the molecule is CNC1(c2ccc(F)cc2F)CCC1. The van der Waals surface area contributed by atoms with Crippen molar-refractivity contribution in [3.8, 4) is 0 Å². The van der Waals surface area contributed by atoms with Gasteiger partial charge in [0.25, 0.3) is 0 Å². The van der Waals surface area contributed by atoms with E-state index >= 15 is 0 Å². The molecule has 1 aromatic carbocycles. The summed E-state index contributed by atoms with van der Waals surface area (Å²) in [7, 11) is 1.82. The number of nitrogens with one attached hydrogen (secondary N) is 1. The second-order valence-corrected chi connectivity index (χ2v) is 3.81. The Balaban J connectivity index is 2.40. The molecule has 0 amide bonds. The average molecular weight is 197 g/mol. The molecule has 0 heterocycles. The fraction of sp³-hybridized carbons (Fsp3) is 0.455. The van der Waals surface area contributed by atoms with Crippen molar-refractivity contribution in [2.45, 2.75) is 24.8 Å². The van der Waals surface area contributed by atoms with Crippen LogP contribution in [0, 0.1) is 11.6 Å². The van der Waals surface area contributed by atoms with Gasteiger partial charge in [-0.25, -0.2) is 8.78 Å². The first kappa shape index (κ1) is 9.59. The minimum atomic E-state index is -0.517. The Morgan fingerprint density at radius 2 is 2.00 bits per heavy atom. The van der Waals surface area contributed by atoms with Gasteiger partial charge in [0, 0.05) is 17.2 Å². The lowest BCUT2D eigenvalue weighted by Gasteiger charge is -2.42. The Labute approximate surface area is 82.1 Å². The summed E-state index contributed by atoms with van der Waals surface area (Å²) in [5, 5.41) is 3.13. The molecule has 0 radical (unpaired) electrons. The van der Waals surface area contributed by atoms with Crippen LogP contribution in [0.1, 0.15) is 24.8 Å². The highest BCUT2D eigenvalue weighted by atomic mass is 19.1. The molecule has 0 atom stereocenters. The van der Waals surface area contributed by atoms with Gasteiger partial charge in [-0.1, -0.05) is 6.07 Å². The van der Waals surface area contributed by atoms with Gasteiger partial charge in [-0.15, -0.1) is 0 Å². The van der Waals surface area contributed by atoms with Crippen LogP contribution in [0.25, 0.3) is 0 Å². The van der Waals surface area contributed by atoms with Crippen molar-refractivity contribution in [1.82, 2.24) is 5.32 Å². The van der Waals surface area contributed by atoms with Gasteiger partial charge in [-0.3, -0.25) is 0 Å². The lowest BCUT2D eigenvalue weighted by molar-refractivity contribution is 0.194. The van der Waals surface area contributed by atoms with Gasteiger partial charge in [-0.05, 0) is 32.4 Å². The van der Waals surface area contributed by atoms with E-state index in [2.05, 4.69) is 5.32 Å². The summed E-state index contributed by atoms with van der Waals surface area (Å²) in [6, 6.07) is 3.81. The number of rotatable bonds is 2. The summed E-state index contributed by atoms with van der Waals surface area (Å²) in [5.74, 6) is -0.962. The normalized spacial score (nSPS) is 19.1. The Morgan fingerprint density at radius 3 is 2.43 bits per heavy atom. The lowest BCUT2D eigenvalue weighted by Crippen LogP contribution is -2.46. The molecule has 3 heteroatoms. The molecule has 0 aromatic heterocycles. The first-order valence-electron chi connectivity index (χ1n) is 4.82. The zero-order valence-corrected chi connectivity index (χ0v) is 8.11. The van der Waals surface area contributed by atoms with Gasteiger partial charge in [-0.2, -0.15) is 0 Å². The molecule has 0 spiro atoms. The molecule has 1 fully saturated rings. The van der Waals surface area contributed by atoms with E-state index in [0.29, 0.717) is 5.56 Å². The van der Waals surface area contributed by atoms with Crippen molar-refractivity contribution in [3.63, 3.8) is 0 Å². The van der Waals surface area contributed by atoms with Gasteiger partial charge < -0.3 is 5.32 Å². The smallest absolute Gasteiger partial charge is 0.131 e. The molecule has 0 saturated heterocycles. The van der Waals surface area contributed by atoms with Gasteiger partial charge in [0.2, 0.25) is 0 Å². The van der Waals surface area contributed by atoms with Crippen LogP contribution in [-0.2, 0) is 5.54 Å². The second kappa shape index (κ2) is 3.31. The molecule has 0 aliphatic heterocycles. The predicted octanol–water partition coefficient (Wildman–Crippen LogP) is 2.56. The maximum Gasteiger partial charge on any atom is 0.131 e. The molecule has 1 aliphatic rings. The van der Waals surface area contributed by atoms with E-state index in [1.807, 2.05) is 7.05 Å². The minimum Gasteiger partial charge on any atom is -0.310 e. The van der Waals surface area contributed by atoms with Crippen LogP contribution in [0.15, 0.2) is 18.2 Å². The van der Waals surface area contributed by atoms with Crippen LogP contribution in [-0.4, -0.2) is 7.05 Å². The van der Waals surface area contributed by atoms with E-state index in [-0.39, 0.29) is 5.54 Å². The van der Waals surface area contributed by atoms with Crippen LogP contribution in [0.3, 0.4) is 0 Å². The standard InChI is InChI=1S/C11H13F2N/c1-14-11(5-2-6-11)9-4-3-8(12)7-10(9)13/h3-4,7,14H,2,5-6H2,1H3. The molecule has 1 saturated carbocycles. The summed E-state index contributed by atoms with van der Waals surface area (Å²) in [6.07, 6.45) is 2.94. The molecule has 2 rings (SSSR count). The van der Waals surface area contributed by atoms with Crippen molar-refractivity contribution >= 4 is 0 Å². The topological polar surface area (TPSA) is 12.0 Å². The molecular weight excluding hydrogens is 184 g/mol. The first-order valence-corrected chi connectivity index (χ1v) is 4.82. The molecule has 1 aliphatic carbocycles. The second-order valence-electron chi connectivity index (χ2n) is 3.81. The number of hydrogen-bond acceptors (Lipinski definition) is 1. The Hall–Kier alpha value is -0.960. The van der Waals surface area contributed by atoms with E-state index in [1.165, 1.54) is 6.07 Å². The maximum absolute atomic E-state index is 13.5. The third kappa shape index (κ3) is 1.32. The largest absolute Gasteiger partial charge is 0.310 e. The Kier molecular flexibility index (Phi) is 2.27. The van der Waals surface area contributed by atoms with Crippen molar-refractivity contribution in [2.75, 3.05) is 7.05 Å². The van der Waals surface area contributed by atoms with E-state index < -0.39 is 11.6 Å². The third-order valence-electron chi connectivity index (χ3n) is 3.13. The van der Waals surface area contributed by atoms with Gasteiger partial charge in [0.15, 0.2) is 0 Å². The Morgan fingerprint density at radius 1 is 1.29 bits per heavy atom. The van der Waals surface area contributed by atoms with E-state index in [4.69, 9.17) is 0 Å². The summed E-state index contributed by atoms with van der Waals surface area (Å²) >= 11 is 0. The van der Waals surface area contributed by atoms with Crippen molar-refractivity contribution in [3.05, 3.63) is 35.4 Å². The summed E-state index contributed by atoms with van der Waals surface area (Å²) in [4.78, 5) is 0. The molecule has 14 heavy (non-hydrogen) atoms. The van der Waals surface area contributed by atoms with Crippen molar-refractivity contribution in [2.24, 2.45) is 0 Å². The van der Waals surface area contributed by atoms with Crippen LogP contribution < -0.4 is 5.32 Å². The van der Waals surface area contributed by atoms with E-state index in [1.54, 1.807) is 6.07 Å². The van der Waals surface area contributed by atoms with E-state index in [9.17, 15) is 8.78 Å². The van der Waals surface area contributed by atoms with Crippen LogP contribution in [0.4, 0.5) is 8.78 Å².